The Bertz CT molecular complexity index is 765. The summed E-state index contributed by atoms with van der Waals surface area (Å²) in [5, 5.41) is -0.0474. The first-order valence-electron chi connectivity index (χ1n) is 6.25. The molecule has 1 aromatic heterocycles. The molecule has 0 atom stereocenters. The molecule has 2 aromatic rings. The van der Waals surface area contributed by atoms with Crippen molar-refractivity contribution in [3.63, 3.8) is 0 Å². The summed E-state index contributed by atoms with van der Waals surface area (Å²) in [5.41, 5.74) is -0.505. The van der Waals surface area contributed by atoms with E-state index in [-0.39, 0.29) is 10.8 Å². The fourth-order valence-corrected chi connectivity index (χ4v) is 2.27. The molecule has 0 aliphatic rings. The third-order valence-electron chi connectivity index (χ3n) is 2.94. The Kier molecular flexibility index (Phi) is 5.14. The van der Waals surface area contributed by atoms with Crippen LogP contribution in [0.15, 0.2) is 44.5 Å². The van der Waals surface area contributed by atoms with E-state index in [0.717, 1.165) is 4.47 Å². The third kappa shape index (κ3) is 4.15. The van der Waals surface area contributed by atoms with Crippen LogP contribution in [0, 0.1) is 0 Å². The second-order valence-corrected chi connectivity index (χ2v) is 5.79. The second-order valence-electron chi connectivity index (χ2n) is 4.46. The molecule has 0 spiro atoms. The van der Waals surface area contributed by atoms with Gasteiger partial charge in [0.1, 0.15) is 5.02 Å². The molecule has 7 heteroatoms. The van der Waals surface area contributed by atoms with Crippen molar-refractivity contribution in [2.24, 2.45) is 0 Å². The maximum atomic E-state index is 12.0. The maximum absolute atomic E-state index is 12.0. The van der Waals surface area contributed by atoms with Crippen molar-refractivity contribution in [2.75, 3.05) is 0 Å². The number of H-pyrrole nitrogens is 1. The number of carbonyl (C=O) groups excluding carboxylic acids is 1. The van der Waals surface area contributed by atoms with Gasteiger partial charge in [-0.05, 0) is 18.6 Å². The summed E-state index contributed by atoms with van der Waals surface area (Å²) in [6.45, 7) is 0.317. The van der Waals surface area contributed by atoms with E-state index in [1.807, 2.05) is 0 Å². The number of hydrogen-bond donors (Lipinski definition) is 1. The van der Waals surface area contributed by atoms with Crippen molar-refractivity contribution < 1.29 is 4.79 Å². The van der Waals surface area contributed by atoms with Crippen LogP contribution in [0.4, 0.5) is 0 Å². The van der Waals surface area contributed by atoms with Gasteiger partial charge < -0.3 is 0 Å². The summed E-state index contributed by atoms with van der Waals surface area (Å²) in [5.74, 6) is 0.00562. The van der Waals surface area contributed by atoms with Gasteiger partial charge in [-0.2, -0.15) is 0 Å². The molecule has 0 fully saturated rings. The lowest BCUT2D eigenvalue weighted by molar-refractivity contribution is 0.0978. The van der Waals surface area contributed by atoms with Crippen LogP contribution in [0.5, 0.6) is 0 Å². The van der Waals surface area contributed by atoms with Crippen molar-refractivity contribution in [1.82, 2.24) is 9.55 Å². The predicted molar refractivity (Wildman–Crippen MR) is 84.0 cm³/mol. The zero-order chi connectivity index (χ0) is 15.4. The average molecular weight is 372 g/mol. The van der Waals surface area contributed by atoms with Gasteiger partial charge in [-0.3, -0.25) is 19.1 Å². The first-order chi connectivity index (χ1) is 9.97. The fourth-order valence-electron chi connectivity index (χ4n) is 1.84. The maximum Gasteiger partial charge on any atom is 0.328 e. The minimum atomic E-state index is -0.608. The van der Waals surface area contributed by atoms with Crippen molar-refractivity contribution in [1.29, 1.82) is 0 Å². The first-order valence-corrected chi connectivity index (χ1v) is 7.42. The summed E-state index contributed by atoms with van der Waals surface area (Å²) in [4.78, 5) is 36.7. The number of hydrogen-bond acceptors (Lipinski definition) is 3. The lowest BCUT2D eigenvalue weighted by atomic mass is 10.1. The molecule has 0 saturated carbocycles. The number of nitrogens with zero attached hydrogens (tertiary/aromatic N) is 1. The highest BCUT2D eigenvalue weighted by Gasteiger charge is 2.07. The molecule has 5 nitrogen and oxygen atoms in total. The molecule has 2 rings (SSSR count). The molecule has 0 unspecified atom stereocenters. The molecule has 110 valence electrons. The van der Waals surface area contributed by atoms with Crippen LogP contribution in [-0.2, 0) is 6.54 Å². The van der Waals surface area contributed by atoms with Crippen LogP contribution >= 0.6 is 27.5 Å². The lowest BCUT2D eigenvalue weighted by Crippen LogP contribution is -2.29. The van der Waals surface area contributed by atoms with E-state index in [9.17, 15) is 14.4 Å². The van der Waals surface area contributed by atoms with E-state index in [1.165, 1.54) is 10.8 Å². The summed E-state index contributed by atoms with van der Waals surface area (Å²) in [6, 6.07) is 7.10. The number of rotatable bonds is 5. The molecule has 0 aliphatic carbocycles. The first kappa shape index (κ1) is 15.7. The molecule has 0 amide bonds. The Morgan fingerprint density at radius 1 is 1.24 bits per heavy atom. The summed E-state index contributed by atoms with van der Waals surface area (Å²) < 4.78 is 2.20. The smallest absolute Gasteiger partial charge is 0.299 e. The molecule has 1 aromatic carbocycles. The SMILES string of the molecule is O=C(CCCn1cc(Cl)c(=O)[nH]c1=O)c1ccc(Br)cc1. The van der Waals surface area contributed by atoms with Crippen LogP contribution < -0.4 is 11.2 Å². The number of aryl methyl sites for hydroxylation is 1. The summed E-state index contributed by atoms with van der Waals surface area (Å²) in [7, 11) is 0. The fraction of sp³-hybridized carbons (Fsp3) is 0.214. The average Bonchev–Trinajstić information content (AvgIpc) is 2.45. The molecule has 0 bridgehead atoms. The minimum Gasteiger partial charge on any atom is -0.299 e. The lowest BCUT2D eigenvalue weighted by Gasteiger charge is -2.05. The van der Waals surface area contributed by atoms with Crippen LogP contribution in [0.2, 0.25) is 5.02 Å². The van der Waals surface area contributed by atoms with Gasteiger partial charge in [-0.25, -0.2) is 4.79 Å². The Morgan fingerprint density at radius 2 is 1.90 bits per heavy atom. The van der Waals surface area contributed by atoms with Crippen LogP contribution in [-0.4, -0.2) is 15.3 Å². The van der Waals surface area contributed by atoms with Gasteiger partial charge >= 0.3 is 5.69 Å². The number of carbonyl (C=O) groups is 1. The van der Waals surface area contributed by atoms with Crippen molar-refractivity contribution >= 4 is 33.3 Å². The Morgan fingerprint density at radius 3 is 2.57 bits per heavy atom. The molecule has 21 heavy (non-hydrogen) atoms. The predicted octanol–water partition coefficient (Wildman–Crippen LogP) is 2.62. The number of halogens is 2. The standard InChI is InChI=1S/C14H12BrClN2O3/c15-10-5-3-9(4-6-10)12(19)2-1-7-18-8-11(16)13(20)17-14(18)21/h3-6,8H,1-2,7H2,(H,17,20,21). The van der Waals surface area contributed by atoms with E-state index in [2.05, 4.69) is 20.9 Å². The zero-order valence-electron chi connectivity index (χ0n) is 10.9. The molecular weight excluding hydrogens is 360 g/mol. The molecule has 0 aliphatic heterocycles. The topological polar surface area (TPSA) is 71.9 Å². The number of aromatic amines is 1. The Hall–Kier alpha value is -1.66. The number of aromatic nitrogens is 2. The quantitative estimate of drug-likeness (QED) is 0.821. The van der Waals surface area contributed by atoms with E-state index >= 15 is 0 Å². The van der Waals surface area contributed by atoms with E-state index in [0.29, 0.717) is 24.9 Å². The summed E-state index contributed by atoms with van der Waals surface area (Å²) >= 11 is 8.97. The Labute approximate surface area is 133 Å². The van der Waals surface area contributed by atoms with Gasteiger partial charge in [-0.15, -0.1) is 0 Å². The van der Waals surface area contributed by atoms with Crippen molar-refractivity contribution in [3.05, 3.63) is 66.4 Å². The van der Waals surface area contributed by atoms with Crippen molar-refractivity contribution in [2.45, 2.75) is 19.4 Å². The number of Topliss-reactive ketones (excluding diaryl/α,β-unsaturated/α-hetero) is 1. The number of nitrogens with one attached hydrogen (secondary N) is 1. The van der Waals surface area contributed by atoms with Crippen LogP contribution in [0.1, 0.15) is 23.2 Å². The van der Waals surface area contributed by atoms with Gasteiger partial charge in [0.15, 0.2) is 5.78 Å². The van der Waals surface area contributed by atoms with Gasteiger partial charge in [0, 0.05) is 29.2 Å². The summed E-state index contributed by atoms with van der Waals surface area (Å²) in [6.07, 6.45) is 2.08. The van der Waals surface area contributed by atoms with E-state index < -0.39 is 11.2 Å². The molecule has 0 radical (unpaired) electrons. The number of ketones is 1. The van der Waals surface area contributed by atoms with Crippen LogP contribution in [0.3, 0.4) is 0 Å². The highest BCUT2D eigenvalue weighted by Crippen LogP contribution is 2.12. The van der Waals surface area contributed by atoms with Gasteiger partial charge in [0.05, 0.1) is 0 Å². The second kappa shape index (κ2) is 6.87. The van der Waals surface area contributed by atoms with Crippen molar-refractivity contribution in [3.8, 4) is 0 Å². The van der Waals surface area contributed by atoms with Gasteiger partial charge in [0.2, 0.25) is 0 Å². The Balaban J connectivity index is 1.97. The minimum absolute atomic E-state index is 0.00562. The third-order valence-corrected chi connectivity index (χ3v) is 3.73. The molecule has 1 heterocycles. The van der Waals surface area contributed by atoms with Gasteiger partial charge in [-0.1, -0.05) is 39.7 Å². The highest BCUT2D eigenvalue weighted by atomic mass is 79.9. The van der Waals surface area contributed by atoms with Gasteiger partial charge in [0.25, 0.3) is 5.56 Å². The van der Waals surface area contributed by atoms with E-state index in [1.54, 1.807) is 24.3 Å². The number of benzene rings is 1. The van der Waals surface area contributed by atoms with Crippen LogP contribution in [0.25, 0.3) is 0 Å². The molecular formula is C14H12BrClN2O3. The largest absolute Gasteiger partial charge is 0.328 e. The normalized spacial score (nSPS) is 10.6. The van der Waals surface area contributed by atoms with E-state index in [4.69, 9.17) is 11.6 Å². The zero-order valence-corrected chi connectivity index (χ0v) is 13.3. The monoisotopic (exact) mass is 370 g/mol. The highest BCUT2D eigenvalue weighted by molar-refractivity contribution is 9.10. The molecule has 1 N–H and O–H groups in total. The molecule has 0 saturated heterocycles.